The predicted octanol–water partition coefficient (Wildman–Crippen LogP) is 2.66. The lowest BCUT2D eigenvalue weighted by molar-refractivity contribution is -0.106. The summed E-state index contributed by atoms with van der Waals surface area (Å²) in [6.45, 7) is 0. The van der Waals surface area contributed by atoms with E-state index in [-0.39, 0.29) is 4.90 Å². The van der Waals surface area contributed by atoms with Crippen LogP contribution < -0.4 is 10.0 Å². The third-order valence-corrected chi connectivity index (χ3v) is 4.50. The second kappa shape index (κ2) is 7.45. The average molecular weight is 348 g/mol. The minimum Gasteiger partial charge on any atom is -0.283 e. The largest absolute Gasteiger partial charge is 0.283 e. The first-order valence-electron chi connectivity index (χ1n) is 6.63. The Morgan fingerprint density at radius 2 is 1.70 bits per heavy atom. The number of nitrogens with two attached hydrogens (primary N) is 1. The number of hydrogen-bond acceptors (Lipinski definition) is 4. The number of benzene rings is 2. The van der Waals surface area contributed by atoms with Crippen LogP contribution in [0.2, 0.25) is 0 Å². The van der Waals surface area contributed by atoms with Crippen molar-refractivity contribution in [1.29, 1.82) is 0 Å². The number of thioether (sulfide) groups is 1. The number of para-hydroxylation sites is 1. The summed E-state index contributed by atoms with van der Waals surface area (Å²) in [4.78, 5) is 13.1. The molecule has 0 heterocycles. The van der Waals surface area contributed by atoms with E-state index >= 15 is 0 Å². The van der Waals surface area contributed by atoms with Crippen LogP contribution in [0.5, 0.6) is 0 Å². The summed E-state index contributed by atoms with van der Waals surface area (Å²) >= 11 is 1.45. The van der Waals surface area contributed by atoms with Gasteiger partial charge in [0, 0.05) is 5.69 Å². The highest BCUT2D eigenvalue weighted by atomic mass is 32.2. The van der Waals surface area contributed by atoms with Crippen molar-refractivity contribution in [1.82, 2.24) is 0 Å². The quantitative estimate of drug-likeness (QED) is 0.814. The Hall–Kier alpha value is -2.09. The number of sulfonamides is 1. The van der Waals surface area contributed by atoms with Gasteiger partial charge in [-0.3, -0.25) is 9.69 Å². The molecule has 120 valence electrons. The number of hydrogen-bond donors (Lipinski definition) is 1. The highest BCUT2D eigenvalue weighted by molar-refractivity contribution is 8.01. The van der Waals surface area contributed by atoms with Crippen LogP contribution in [0.4, 0.5) is 5.69 Å². The van der Waals surface area contributed by atoms with E-state index in [1.165, 1.54) is 28.8 Å². The van der Waals surface area contributed by atoms with Crippen molar-refractivity contribution in [2.45, 2.75) is 4.90 Å². The van der Waals surface area contributed by atoms with Crippen LogP contribution in [0.3, 0.4) is 0 Å². The fourth-order valence-corrected chi connectivity index (χ4v) is 3.02. The fraction of sp³-hybridized carbons (Fsp3) is 0.0625. The van der Waals surface area contributed by atoms with Crippen molar-refractivity contribution in [3.63, 3.8) is 0 Å². The number of rotatable bonds is 6. The van der Waals surface area contributed by atoms with E-state index < -0.39 is 10.0 Å². The van der Waals surface area contributed by atoms with Gasteiger partial charge in [-0.15, -0.1) is 11.8 Å². The van der Waals surface area contributed by atoms with Crippen molar-refractivity contribution in [2.24, 2.45) is 5.14 Å². The summed E-state index contributed by atoms with van der Waals surface area (Å²) in [7, 11) is -3.74. The molecule has 0 aliphatic carbocycles. The summed E-state index contributed by atoms with van der Waals surface area (Å²) in [5, 5.41) is 6.93. The molecular formula is C16H16N2O3S2. The Morgan fingerprint density at radius 1 is 1.09 bits per heavy atom. The summed E-state index contributed by atoms with van der Waals surface area (Å²) in [6, 6.07) is 15.3. The average Bonchev–Trinajstić information content (AvgIpc) is 2.55. The number of amides is 1. The van der Waals surface area contributed by atoms with E-state index in [4.69, 9.17) is 5.14 Å². The monoisotopic (exact) mass is 348 g/mol. The van der Waals surface area contributed by atoms with E-state index in [1.807, 2.05) is 42.0 Å². The number of carbonyl (C=O) groups excluding carboxylic acids is 1. The Kier molecular flexibility index (Phi) is 5.59. The van der Waals surface area contributed by atoms with Gasteiger partial charge in [-0.25, -0.2) is 13.6 Å². The maximum atomic E-state index is 11.6. The number of anilines is 1. The van der Waals surface area contributed by atoms with E-state index in [2.05, 4.69) is 0 Å². The van der Waals surface area contributed by atoms with Crippen molar-refractivity contribution >= 4 is 39.6 Å². The lowest BCUT2D eigenvalue weighted by Crippen LogP contribution is -2.19. The van der Waals surface area contributed by atoms with Crippen molar-refractivity contribution in [2.75, 3.05) is 11.2 Å². The van der Waals surface area contributed by atoms with Crippen LogP contribution in [0.1, 0.15) is 5.56 Å². The third-order valence-electron chi connectivity index (χ3n) is 3.11. The molecule has 0 atom stereocenters. The van der Waals surface area contributed by atoms with Crippen LogP contribution in [0, 0.1) is 0 Å². The van der Waals surface area contributed by atoms with E-state index in [1.54, 1.807) is 12.1 Å². The van der Waals surface area contributed by atoms with Gasteiger partial charge in [-0.1, -0.05) is 30.3 Å². The third kappa shape index (κ3) is 4.22. The fourth-order valence-electron chi connectivity index (χ4n) is 2.04. The maximum Gasteiger partial charge on any atom is 0.238 e. The summed E-state index contributed by atoms with van der Waals surface area (Å²) < 4.78 is 22.7. The molecule has 2 aromatic rings. The molecular weight excluding hydrogens is 332 g/mol. The number of carbonyl (C=O) groups is 1. The zero-order chi connectivity index (χ0) is 16.9. The molecule has 0 radical (unpaired) electrons. The van der Waals surface area contributed by atoms with Gasteiger partial charge in [0.25, 0.3) is 0 Å². The van der Waals surface area contributed by atoms with Gasteiger partial charge in [0.05, 0.1) is 10.6 Å². The predicted molar refractivity (Wildman–Crippen MR) is 94.3 cm³/mol. The zero-order valence-electron chi connectivity index (χ0n) is 12.4. The highest BCUT2D eigenvalue weighted by Gasteiger charge is 2.14. The molecule has 0 unspecified atom stereocenters. The van der Waals surface area contributed by atoms with Gasteiger partial charge in [-0.05, 0) is 41.5 Å². The Labute approximate surface area is 139 Å². The summed E-state index contributed by atoms with van der Waals surface area (Å²) in [5.41, 5.74) is 2.08. The molecule has 0 aliphatic rings. The van der Waals surface area contributed by atoms with Crippen molar-refractivity contribution < 1.29 is 13.2 Å². The molecule has 5 nitrogen and oxygen atoms in total. The molecule has 2 rings (SSSR count). The molecule has 0 spiro atoms. The minimum absolute atomic E-state index is 0.0297. The minimum atomic E-state index is -3.74. The Balaban J connectivity index is 2.46. The summed E-state index contributed by atoms with van der Waals surface area (Å²) in [5.74, 6) is 0. The molecule has 0 aliphatic heterocycles. The van der Waals surface area contributed by atoms with E-state index in [0.29, 0.717) is 11.3 Å². The molecule has 23 heavy (non-hydrogen) atoms. The van der Waals surface area contributed by atoms with Crippen molar-refractivity contribution in [3.05, 3.63) is 65.6 Å². The molecule has 0 fully saturated rings. The van der Waals surface area contributed by atoms with Crippen LogP contribution in [-0.2, 0) is 14.8 Å². The van der Waals surface area contributed by atoms with Gasteiger partial charge in [-0.2, -0.15) is 0 Å². The van der Waals surface area contributed by atoms with Crippen LogP contribution >= 0.6 is 11.8 Å². The lowest BCUT2D eigenvalue weighted by Gasteiger charge is -2.21. The topological polar surface area (TPSA) is 80.5 Å². The molecule has 0 saturated heterocycles. The standard InChI is InChI=1S/C16H16N2O3S2/c1-22-11-16(18(12-19)14-5-3-2-4-6-14)13-7-9-15(10-8-13)23(17,20)21/h2-12H,1H3,(H2,17,20,21)/b16-11-. The van der Waals surface area contributed by atoms with Crippen LogP contribution in [0.15, 0.2) is 64.9 Å². The highest BCUT2D eigenvalue weighted by Crippen LogP contribution is 2.27. The Bertz CT molecular complexity index is 801. The van der Waals surface area contributed by atoms with Crippen LogP contribution in [0.25, 0.3) is 5.70 Å². The SMILES string of the molecule is CS/C=C(/c1ccc(S(N)(=O)=O)cc1)N(C=O)c1ccccc1. The normalized spacial score (nSPS) is 12.0. The lowest BCUT2D eigenvalue weighted by atomic mass is 10.1. The van der Waals surface area contributed by atoms with Gasteiger partial charge < -0.3 is 0 Å². The van der Waals surface area contributed by atoms with Crippen LogP contribution in [-0.4, -0.2) is 21.1 Å². The number of nitrogens with zero attached hydrogens (tertiary/aromatic N) is 1. The second-order valence-corrected chi connectivity index (χ2v) is 6.89. The Morgan fingerprint density at radius 3 is 2.17 bits per heavy atom. The molecule has 0 aromatic heterocycles. The van der Waals surface area contributed by atoms with Gasteiger partial charge in [0.15, 0.2) is 0 Å². The van der Waals surface area contributed by atoms with Gasteiger partial charge in [0.2, 0.25) is 16.4 Å². The van der Waals surface area contributed by atoms with E-state index in [9.17, 15) is 13.2 Å². The maximum absolute atomic E-state index is 11.6. The smallest absolute Gasteiger partial charge is 0.238 e. The van der Waals surface area contributed by atoms with Gasteiger partial charge in [0.1, 0.15) is 0 Å². The van der Waals surface area contributed by atoms with Gasteiger partial charge >= 0.3 is 0 Å². The molecule has 2 N–H and O–H groups in total. The molecule has 1 amide bonds. The first kappa shape index (κ1) is 17.3. The summed E-state index contributed by atoms with van der Waals surface area (Å²) in [6.07, 6.45) is 2.61. The van der Waals surface area contributed by atoms with Crippen molar-refractivity contribution in [3.8, 4) is 0 Å². The van der Waals surface area contributed by atoms with E-state index in [0.717, 1.165) is 12.1 Å². The first-order chi connectivity index (χ1) is 11.0. The number of primary sulfonamides is 1. The zero-order valence-corrected chi connectivity index (χ0v) is 14.0. The second-order valence-electron chi connectivity index (χ2n) is 4.62. The molecule has 0 saturated carbocycles. The molecule has 2 aromatic carbocycles. The first-order valence-corrected chi connectivity index (χ1v) is 9.46. The molecule has 0 bridgehead atoms. The molecule has 7 heteroatoms.